The Morgan fingerprint density at radius 3 is 2.37 bits per heavy atom. The lowest BCUT2D eigenvalue weighted by Gasteiger charge is -2.34. The Balaban J connectivity index is 2.52. The zero-order valence-electron chi connectivity index (χ0n) is 12.4. The third kappa shape index (κ3) is 4.49. The molecule has 1 amide bonds. The van der Waals surface area contributed by atoms with Gasteiger partial charge in [-0.25, -0.2) is 0 Å². The van der Waals surface area contributed by atoms with E-state index in [0.29, 0.717) is 0 Å². The number of ether oxygens (including phenoxy) is 1. The highest BCUT2D eigenvalue weighted by molar-refractivity contribution is 5.76. The Kier molecular flexibility index (Phi) is 6.28. The van der Waals surface area contributed by atoms with E-state index in [-0.39, 0.29) is 29.9 Å². The first-order chi connectivity index (χ1) is 8.99. The van der Waals surface area contributed by atoms with Crippen LogP contribution in [0.4, 0.5) is 0 Å². The lowest BCUT2D eigenvalue weighted by molar-refractivity contribution is -0.145. The zero-order valence-corrected chi connectivity index (χ0v) is 12.4. The SMILES string of the molecule is CCC(C)C(NC1CCN(C(C)=O)CC1)C(=O)OC. The van der Waals surface area contributed by atoms with Gasteiger partial charge < -0.3 is 15.0 Å². The first kappa shape index (κ1) is 16.0. The fourth-order valence-corrected chi connectivity index (χ4v) is 2.44. The molecule has 2 atom stereocenters. The summed E-state index contributed by atoms with van der Waals surface area (Å²) in [4.78, 5) is 24.9. The maximum atomic E-state index is 11.8. The largest absolute Gasteiger partial charge is 0.468 e. The van der Waals surface area contributed by atoms with Crippen molar-refractivity contribution < 1.29 is 14.3 Å². The van der Waals surface area contributed by atoms with Gasteiger partial charge in [0.05, 0.1) is 7.11 Å². The minimum Gasteiger partial charge on any atom is -0.468 e. The predicted molar refractivity (Wildman–Crippen MR) is 73.7 cm³/mol. The van der Waals surface area contributed by atoms with Crippen molar-refractivity contribution in [2.75, 3.05) is 20.2 Å². The topological polar surface area (TPSA) is 58.6 Å². The van der Waals surface area contributed by atoms with Crippen molar-refractivity contribution >= 4 is 11.9 Å². The second-order valence-electron chi connectivity index (χ2n) is 5.33. The van der Waals surface area contributed by atoms with Crippen LogP contribution in [0.2, 0.25) is 0 Å². The Hall–Kier alpha value is -1.10. The highest BCUT2D eigenvalue weighted by Crippen LogP contribution is 2.15. The van der Waals surface area contributed by atoms with Crippen molar-refractivity contribution in [1.82, 2.24) is 10.2 Å². The molecule has 19 heavy (non-hydrogen) atoms. The van der Waals surface area contributed by atoms with Crippen LogP contribution in [0.1, 0.15) is 40.0 Å². The summed E-state index contributed by atoms with van der Waals surface area (Å²) in [6, 6.07) is 0.0394. The third-order valence-electron chi connectivity index (χ3n) is 4.02. The molecule has 0 saturated carbocycles. The van der Waals surface area contributed by atoms with Crippen LogP contribution in [0.25, 0.3) is 0 Å². The van der Waals surface area contributed by atoms with E-state index in [2.05, 4.69) is 19.2 Å². The quantitative estimate of drug-likeness (QED) is 0.762. The van der Waals surface area contributed by atoms with E-state index in [1.165, 1.54) is 7.11 Å². The molecule has 1 rings (SSSR count). The first-order valence-electron chi connectivity index (χ1n) is 7.09. The molecule has 110 valence electrons. The van der Waals surface area contributed by atoms with Gasteiger partial charge in [-0.15, -0.1) is 0 Å². The molecule has 1 aliphatic heterocycles. The standard InChI is InChI=1S/C14H26N2O3/c1-5-10(2)13(14(18)19-4)15-12-6-8-16(9-7-12)11(3)17/h10,12-13,15H,5-9H2,1-4H3. The molecule has 0 radical (unpaired) electrons. The molecule has 1 heterocycles. The maximum absolute atomic E-state index is 11.8. The number of hydrogen-bond acceptors (Lipinski definition) is 4. The molecule has 5 heteroatoms. The Bertz CT molecular complexity index is 312. The van der Waals surface area contributed by atoms with Crippen LogP contribution < -0.4 is 5.32 Å². The molecule has 1 saturated heterocycles. The van der Waals surface area contributed by atoms with Crippen molar-refractivity contribution in [3.8, 4) is 0 Å². The maximum Gasteiger partial charge on any atom is 0.323 e. The van der Waals surface area contributed by atoms with Crippen LogP contribution in [-0.2, 0) is 14.3 Å². The highest BCUT2D eigenvalue weighted by atomic mass is 16.5. The smallest absolute Gasteiger partial charge is 0.323 e. The molecular formula is C14H26N2O3. The van der Waals surface area contributed by atoms with Crippen LogP contribution in [-0.4, -0.2) is 49.1 Å². The van der Waals surface area contributed by atoms with Gasteiger partial charge in [-0.1, -0.05) is 20.3 Å². The normalized spacial score (nSPS) is 19.9. The van der Waals surface area contributed by atoms with Gasteiger partial charge >= 0.3 is 5.97 Å². The summed E-state index contributed by atoms with van der Waals surface area (Å²) in [6.07, 6.45) is 2.71. The number of rotatable bonds is 5. The van der Waals surface area contributed by atoms with Crippen LogP contribution in [0.3, 0.4) is 0 Å². The Labute approximate surface area is 115 Å². The highest BCUT2D eigenvalue weighted by Gasteiger charge is 2.29. The number of piperidine rings is 1. The molecule has 0 spiro atoms. The van der Waals surface area contributed by atoms with E-state index in [1.54, 1.807) is 6.92 Å². The minimum absolute atomic E-state index is 0.130. The third-order valence-corrected chi connectivity index (χ3v) is 4.02. The molecule has 1 N–H and O–H groups in total. The summed E-state index contributed by atoms with van der Waals surface area (Å²) < 4.78 is 4.87. The van der Waals surface area contributed by atoms with E-state index < -0.39 is 0 Å². The first-order valence-corrected chi connectivity index (χ1v) is 7.09. The number of nitrogens with zero attached hydrogens (tertiary/aromatic N) is 1. The number of hydrogen-bond donors (Lipinski definition) is 1. The summed E-state index contributed by atoms with van der Waals surface area (Å²) in [6.45, 7) is 7.26. The summed E-state index contributed by atoms with van der Waals surface area (Å²) in [5.41, 5.74) is 0. The van der Waals surface area contributed by atoms with Gasteiger partial charge in [0.25, 0.3) is 0 Å². The number of carbonyl (C=O) groups is 2. The predicted octanol–water partition coefficient (Wildman–Crippen LogP) is 1.17. The molecule has 5 nitrogen and oxygen atoms in total. The second kappa shape index (κ2) is 7.48. The van der Waals surface area contributed by atoms with Crippen LogP contribution >= 0.6 is 0 Å². The van der Waals surface area contributed by atoms with Crippen molar-refractivity contribution in [1.29, 1.82) is 0 Å². The monoisotopic (exact) mass is 270 g/mol. The van der Waals surface area contributed by atoms with E-state index in [9.17, 15) is 9.59 Å². The molecule has 1 aliphatic rings. The van der Waals surface area contributed by atoms with E-state index in [0.717, 1.165) is 32.4 Å². The molecule has 2 unspecified atom stereocenters. The van der Waals surface area contributed by atoms with Gasteiger partial charge in [-0.05, 0) is 18.8 Å². The fraction of sp³-hybridized carbons (Fsp3) is 0.857. The number of esters is 1. The summed E-state index contributed by atoms with van der Waals surface area (Å²) in [5, 5.41) is 3.40. The molecule has 0 bridgehead atoms. The van der Waals surface area contributed by atoms with Gasteiger partial charge in [-0.3, -0.25) is 9.59 Å². The van der Waals surface area contributed by atoms with Crippen molar-refractivity contribution in [3.63, 3.8) is 0 Å². The number of amides is 1. The average Bonchev–Trinajstić information content (AvgIpc) is 2.43. The van der Waals surface area contributed by atoms with Crippen LogP contribution in [0.5, 0.6) is 0 Å². The molecule has 0 aromatic carbocycles. The Morgan fingerprint density at radius 1 is 1.37 bits per heavy atom. The molecule has 0 aliphatic carbocycles. The second-order valence-corrected chi connectivity index (χ2v) is 5.33. The minimum atomic E-state index is -0.246. The molecule has 1 fully saturated rings. The van der Waals surface area contributed by atoms with E-state index >= 15 is 0 Å². The van der Waals surface area contributed by atoms with Gasteiger partial charge in [0.15, 0.2) is 0 Å². The fourth-order valence-electron chi connectivity index (χ4n) is 2.44. The summed E-state index contributed by atoms with van der Waals surface area (Å²) >= 11 is 0. The van der Waals surface area contributed by atoms with Gasteiger partial charge in [-0.2, -0.15) is 0 Å². The van der Waals surface area contributed by atoms with Crippen molar-refractivity contribution in [2.24, 2.45) is 5.92 Å². The number of likely N-dealkylation sites (tertiary alicyclic amines) is 1. The number of methoxy groups -OCH3 is 1. The van der Waals surface area contributed by atoms with Crippen LogP contribution in [0, 0.1) is 5.92 Å². The summed E-state index contributed by atoms with van der Waals surface area (Å²) in [5.74, 6) is 0.187. The summed E-state index contributed by atoms with van der Waals surface area (Å²) in [7, 11) is 1.43. The van der Waals surface area contributed by atoms with Crippen molar-refractivity contribution in [3.05, 3.63) is 0 Å². The molecule has 0 aromatic rings. The molecule has 0 aromatic heterocycles. The van der Waals surface area contributed by atoms with E-state index in [1.807, 2.05) is 4.90 Å². The Morgan fingerprint density at radius 2 is 1.95 bits per heavy atom. The van der Waals surface area contributed by atoms with Gasteiger partial charge in [0, 0.05) is 26.1 Å². The van der Waals surface area contributed by atoms with E-state index in [4.69, 9.17) is 4.74 Å². The van der Waals surface area contributed by atoms with Crippen LogP contribution in [0.15, 0.2) is 0 Å². The van der Waals surface area contributed by atoms with Gasteiger partial charge in [0.1, 0.15) is 6.04 Å². The van der Waals surface area contributed by atoms with Gasteiger partial charge in [0.2, 0.25) is 5.91 Å². The lowest BCUT2D eigenvalue weighted by atomic mass is 9.96. The molecular weight excluding hydrogens is 244 g/mol. The number of carbonyl (C=O) groups excluding carboxylic acids is 2. The van der Waals surface area contributed by atoms with Crippen molar-refractivity contribution in [2.45, 2.75) is 52.1 Å². The average molecular weight is 270 g/mol. The lowest BCUT2D eigenvalue weighted by Crippen LogP contribution is -2.52. The zero-order chi connectivity index (χ0) is 14.4. The number of nitrogens with one attached hydrogen (secondary N) is 1.